The lowest BCUT2D eigenvalue weighted by atomic mass is 9.78. The van der Waals surface area contributed by atoms with Crippen LogP contribution in [0, 0.1) is 17.8 Å². The van der Waals surface area contributed by atoms with Gasteiger partial charge in [0, 0.05) is 25.0 Å². The second-order valence-corrected chi connectivity index (χ2v) is 11.2. The molecule has 1 aliphatic heterocycles. The number of carbonyl (C=O) groups is 1. The summed E-state index contributed by atoms with van der Waals surface area (Å²) in [4.78, 5) is 13.1. The quantitative estimate of drug-likeness (QED) is 0.778. The third-order valence-electron chi connectivity index (χ3n) is 7.04. The molecule has 1 saturated carbocycles. The standard InChI is InChI=1S/C23H36N2O3S/c1-16(2)19-8-10-21(11-9-19)29(27,28)25-14-12-20(13-15-25)23(26)24-22-7-5-6-17(3)18(22)4/h8-11,16-18,20,22H,5-7,12-15H2,1-4H3,(H,24,26). The highest BCUT2D eigenvalue weighted by Crippen LogP contribution is 2.30. The summed E-state index contributed by atoms with van der Waals surface area (Å²) in [5.41, 5.74) is 1.13. The Kier molecular flexibility index (Phi) is 7.05. The van der Waals surface area contributed by atoms with Crippen molar-refractivity contribution in [2.75, 3.05) is 13.1 Å². The van der Waals surface area contributed by atoms with E-state index in [0.29, 0.717) is 48.6 Å². The first-order valence-electron chi connectivity index (χ1n) is 11.1. The predicted molar refractivity (Wildman–Crippen MR) is 116 cm³/mol. The summed E-state index contributed by atoms with van der Waals surface area (Å²) in [6, 6.07) is 7.45. The molecule has 3 unspecified atom stereocenters. The van der Waals surface area contributed by atoms with Crippen molar-refractivity contribution < 1.29 is 13.2 Å². The van der Waals surface area contributed by atoms with Gasteiger partial charge in [0.15, 0.2) is 0 Å². The van der Waals surface area contributed by atoms with E-state index < -0.39 is 10.0 Å². The maximum absolute atomic E-state index is 13.0. The Bertz CT molecular complexity index is 796. The van der Waals surface area contributed by atoms with Crippen LogP contribution in [0.4, 0.5) is 0 Å². The molecule has 162 valence electrons. The molecule has 1 heterocycles. The first-order valence-corrected chi connectivity index (χ1v) is 12.5. The summed E-state index contributed by atoms with van der Waals surface area (Å²) < 4.78 is 27.5. The molecule has 1 N–H and O–H groups in total. The largest absolute Gasteiger partial charge is 0.353 e. The van der Waals surface area contributed by atoms with Crippen molar-refractivity contribution >= 4 is 15.9 Å². The average molecular weight is 421 g/mol. The molecule has 1 aromatic carbocycles. The number of piperidine rings is 1. The molecule has 1 aliphatic carbocycles. The number of nitrogens with one attached hydrogen (secondary N) is 1. The van der Waals surface area contributed by atoms with E-state index in [1.54, 1.807) is 12.1 Å². The van der Waals surface area contributed by atoms with Crippen LogP contribution in [0.15, 0.2) is 29.2 Å². The van der Waals surface area contributed by atoms with Crippen molar-refractivity contribution in [2.45, 2.75) is 76.7 Å². The van der Waals surface area contributed by atoms with Crippen molar-refractivity contribution in [3.05, 3.63) is 29.8 Å². The van der Waals surface area contributed by atoms with Crippen LogP contribution in [0.3, 0.4) is 0 Å². The molecule has 1 aromatic rings. The maximum Gasteiger partial charge on any atom is 0.243 e. The van der Waals surface area contributed by atoms with Gasteiger partial charge in [0.2, 0.25) is 15.9 Å². The van der Waals surface area contributed by atoms with Crippen LogP contribution >= 0.6 is 0 Å². The summed E-state index contributed by atoms with van der Waals surface area (Å²) in [5, 5.41) is 3.26. The summed E-state index contributed by atoms with van der Waals surface area (Å²) in [6.45, 7) is 9.49. The molecule has 1 saturated heterocycles. The van der Waals surface area contributed by atoms with Gasteiger partial charge in [-0.15, -0.1) is 0 Å². The molecule has 6 heteroatoms. The Morgan fingerprint density at radius 1 is 1.03 bits per heavy atom. The fraction of sp³-hybridized carbons (Fsp3) is 0.696. The molecule has 0 aromatic heterocycles. The van der Waals surface area contributed by atoms with E-state index in [1.807, 2.05) is 12.1 Å². The molecule has 3 atom stereocenters. The molecule has 0 spiro atoms. The Morgan fingerprint density at radius 2 is 1.66 bits per heavy atom. The smallest absolute Gasteiger partial charge is 0.243 e. The van der Waals surface area contributed by atoms with E-state index in [1.165, 1.54) is 17.1 Å². The molecule has 2 fully saturated rings. The molecular formula is C23H36N2O3S. The summed E-state index contributed by atoms with van der Waals surface area (Å²) in [6.07, 6.45) is 4.64. The average Bonchev–Trinajstić information content (AvgIpc) is 2.71. The van der Waals surface area contributed by atoms with Gasteiger partial charge >= 0.3 is 0 Å². The van der Waals surface area contributed by atoms with Gasteiger partial charge in [-0.05, 0) is 54.7 Å². The number of rotatable bonds is 5. The molecule has 5 nitrogen and oxygen atoms in total. The van der Waals surface area contributed by atoms with Gasteiger partial charge in [-0.25, -0.2) is 8.42 Å². The van der Waals surface area contributed by atoms with Crippen LogP contribution in [0.25, 0.3) is 0 Å². The van der Waals surface area contributed by atoms with E-state index in [2.05, 4.69) is 33.0 Å². The fourth-order valence-electron chi connectivity index (χ4n) is 4.62. The number of sulfonamides is 1. The Morgan fingerprint density at radius 3 is 2.24 bits per heavy atom. The van der Waals surface area contributed by atoms with Gasteiger partial charge in [0.05, 0.1) is 4.90 Å². The topological polar surface area (TPSA) is 66.5 Å². The zero-order valence-electron chi connectivity index (χ0n) is 18.2. The minimum Gasteiger partial charge on any atom is -0.353 e. The van der Waals surface area contributed by atoms with E-state index >= 15 is 0 Å². The number of amides is 1. The second-order valence-electron chi connectivity index (χ2n) is 9.28. The lowest BCUT2D eigenvalue weighted by Gasteiger charge is -2.36. The SMILES string of the molecule is CC(C)c1ccc(S(=O)(=O)N2CCC(C(=O)NC3CCCC(C)C3C)CC2)cc1. The van der Waals surface area contributed by atoms with Gasteiger partial charge in [-0.3, -0.25) is 4.79 Å². The summed E-state index contributed by atoms with van der Waals surface area (Å²) >= 11 is 0. The van der Waals surface area contributed by atoms with E-state index in [9.17, 15) is 13.2 Å². The molecule has 3 rings (SSSR count). The van der Waals surface area contributed by atoms with Gasteiger partial charge in [-0.1, -0.05) is 52.7 Å². The van der Waals surface area contributed by atoms with Crippen LogP contribution in [0.2, 0.25) is 0 Å². The first kappa shape index (κ1) is 22.3. The molecule has 2 aliphatic rings. The van der Waals surface area contributed by atoms with Crippen molar-refractivity contribution in [3.63, 3.8) is 0 Å². The lowest BCUT2D eigenvalue weighted by molar-refractivity contribution is -0.127. The number of benzene rings is 1. The van der Waals surface area contributed by atoms with Crippen LogP contribution in [0.1, 0.15) is 71.3 Å². The molecule has 29 heavy (non-hydrogen) atoms. The predicted octanol–water partition coefficient (Wildman–Crippen LogP) is 4.15. The number of nitrogens with zero attached hydrogens (tertiary/aromatic N) is 1. The first-order chi connectivity index (χ1) is 13.7. The van der Waals surface area contributed by atoms with Crippen LogP contribution < -0.4 is 5.32 Å². The molecule has 0 bridgehead atoms. The van der Waals surface area contributed by atoms with Crippen molar-refractivity contribution in [1.29, 1.82) is 0 Å². The fourth-order valence-corrected chi connectivity index (χ4v) is 6.09. The van der Waals surface area contributed by atoms with Crippen LogP contribution in [-0.4, -0.2) is 37.8 Å². The van der Waals surface area contributed by atoms with E-state index in [4.69, 9.17) is 0 Å². The Balaban J connectivity index is 1.57. The summed E-state index contributed by atoms with van der Waals surface area (Å²) in [7, 11) is -3.50. The van der Waals surface area contributed by atoms with Crippen molar-refractivity contribution in [2.24, 2.45) is 17.8 Å². The molecular weight excluding hydrogens is 384 g/mol. The highest BCUT2D eigenvalue weighted by atomic mass is 32.2. The number of hydrogen-bond donors (Lipinski definition) is 1. The van der Waals surface area contributed by atoms with Gasteiger partial charge in [0.25, 0.3) is 0 Å². The minimum absolute atomic E-state index is 0.0887. The van der Waals surface area contributed by atoms with Crippen molar-refractivity contribution in [1.82, 2.24) is 9.62 Å². The van der Waals surface area contributed by atoms with Crippen molar-refractivity contribution in [3.8, 4) is 0 Å². The molecule has 1 amide bonds. The highest BCUT2D eigenvalue weighted by Gasteiger charge is 2.34. The number of hydrogen-bond acceptors (Lipinski definition) is 3. The van der Waals surface area contributed by atoms with Crippen LogP contribution in [-0.2, 0) is 14.8 Å². The number of carbonyl (C=O) groups excluding carboxylic acids is 1. The third-order valence-corrected chi connectivity index (χ3v) is 8.96. The Hall–Kier alpha value is -1.40. The zero-order valence-corrected chi connectivity index (χ0v) is 19.0. The lowest BCUT2D eigenvalue weighted by Crippen LogP contribution is -2.48. The minimum atomic E-state index is -3.50. The maximum atomic E-state index is 13.0. The zero-order chi connectivity index (χ0) is 21.2. The Labute approximate surface area is 176 Å². The normalized spacial score (nSPS) is 27.1. The van der Waals surface area contributed by atoms with E-state index in [-0.39, 0.29) is 17.9 Å². The summed E-state index contributed by atoms with van der Waals surface area (Å²) in [5.74, 6) is 1.53. The van der Waals surface area contributed by atoms with Gasteiger partial charge in [0.1, 0.15) is 0 Å². The van der Waals surface area contributed by atoms with Crippen LogP contribution in [0.5, 0.6) is 0 Å². The second kappa shape index (κ2) is 9.17. The highest BCUT2D eigenvalue weighted by molar-refractivity contribution is 7.89. The molecule has 0 radical (unpaired) electrons. The van der Waals surface area contributed by atoms with E-state index in [0.717, 1.165) is 12.0 Å². The van der Waals surface area contributed by atoms with Gasteiger partial charge in [-0.2, -0.15) is 4.31 Å². The monoisotopic (exact) mass is 420 g/mol. The van der Waals surface area contributed by atoms with Gasteiger partial charge < -0.3 is 5.32 Å². The third kappa shape index (κ3) is 5.02.